The van der Waals surface area contributed by atoms with Crippen LogP contribution in [0.2, 0.25) is 0 Å². The van der Waals surface area contributed by atoms with Gasteiger partial charge < -0.3 is 5.73 Å². The number of rotatable bonds is 8. The summed E-state index contributed by atoms with van der Waals surface area (Å²) in [5.74, 6) is 1.24. The van der Waals surface area contributed by atoms with Crippen LogP contribution >= 0.6 is 0 Å². The third-order valence-corrected chi connectivity index (χ3v) is 3.05. The minimum absolute atomic E-state index is 0.430. The molecule has 0 bridgehead atoms. The molecular formula is C15H30N2. The van der Waals surface area contributed by atoms with Gasteiger partial charge in [-0.2, -0.15) is 0 Å². The first-order chi connectivity index (χ1) is 8.01. The monoisotopic (exact) mass is 238 g/mol. The summed E-state index contributed by atoms with van der Waals surface area (Å²) in [4.78, 5) is 4.37. The van der Waals surface area contributed by atoms with Crippen molar-refractivity contribution in [1.82, 2.24) is 0 Å². The lowest BCUT2D eigenvalue weighted by Gasteiger charge is -2.13. The zero-order valence-electron chi connectivity index (χ0n) is 12.3. The van der Waals surface area contributed by atoms with Crippen LogP contribution in [0.25, 0.3) is 0 Å². The Balaban J connectivity index is 4.00. The lowest BCUT2D eigenvalue weighted by atomic mass is 9.95. The van der Waals surface area contributed by atoms with Gasteiger partial charge in [0.15, 0.2) is 0 Å². The third-order valence-electron chi connectivity index (χ3n) is 3.05. The van der Waals surface area contributed by atoms with E-state index in [1.807, 2.05) is 0 Å². The molecule has 0 aliphatic heterocycles. The highest BCUT2D eigenvalue weighted by Crippen LogP contribution is 2.16. The first-order valence-corrected chi connectivity index (χ1v) is 6.91. The molecule has 0 radical (unpaired) electrons. The Morgan fingerprint density at radius 1 is 1.29 bits per heavy atom. The molecule has 0 rings (SSSR count). The Hall–Kier alpha value is -0.630. The van der Waals surface area contributed by atoms with Gasteiger partial charge in [0.05, 0.1) is 6.67 Å². The van der Waals surface area contributed by atoms with Gasteiger partial charge in [-0.3, -0.25) is 4.99 Å². The van der Waals surface area contributed by atoms with Gasteiger partial charge in [-0.25, -0.2) is 0 Å². The summed E-state index contributed by atoms with van der Waals surface area (Å²) in [6.45, 7) is 11.6. The highest BCUT2D eigenvalue weighted by Gasteiger charge is 2.08. The van der Waals surface area contributed by atoms with E-state index in [4.69, 9.17) is 5.73 Å². The van der Waals surface area contributed by atoms with E-state index >= 15 is 0 Å². The number of allylic oxidation sites excluding steroid dienone is 2. The Labute approximate surface area is 107 Å². The molecule has 1 unspecified atom stereocenters. The minimum Gasteiger partial charge on any atom is -0.312 e. The summed E-state index contributed by atoms with van der Waals surface area (Å²) in [6, 6.07) is 0. The Kier molecular flexibility index (Phi) is 9.06. The maximum atomic E-state index is 5.48. The van der Waals surface area contributed by atoms with E-state index in [0.717, 1.165) is 6.42 Å². The van der Waals surface area contributed by atoms with Crippen molar-refractivity contribution in [2.45, 2.75) is 60.3 Å². The molecule has 0 saturated carbocycles. The molecule has 2 nitrogen and oxygen atoms in total. The molecule has 0 aliphatic rings. The third kappa shape index (κ3) is 8.14. The predicted octanol–water partition coefficient (Wildman–Crippen LogP) is 4.16. The van der Waals surface area contributed by atoms with Crippen molar-refractivity contribution in [2.24, 2.45) is 22.6 Å². The van der Waals surface area contributed by atoms with Crippen molar-refractivity contribution in [2.75, 3.05) is 6.67 Å². The summed E-state index contributed by atoms with van der Waals surface area (Å²) < 4.78 is 0. The SMILES string of the molecule is CCC(=NCN)C(C)CCCC(C)=CC(C)C. The minimum atomic E-state index is 0.430. The van der Waals surface area contributed by atoms with E-state index in [9.17, 15) is 0 Å². The van der Waals surface area contributed by atoms with Crippen molar-refractivity contribution >= 4 is 5.71 Å². The number of hydrogen-bond donors (Lipinski definition) is 1. The van der Waals surface area contributed by atoms with Crippen LogP contribution in [0.4, 0.5) is 0 Å². The Morgan fingerprint density at radius 2 is 1.94 bits per heavy atom. The standard InChI is InChI=1S/C15H30N2/c1-6-15(17-11-16)14(5)9-7-8-13(4)10-12(2)3/h10,12,14H,6-9,11,16H2,1-5H3. The van der Waals surface area contributed by atoms with Crippen LogP contribution in [0.3, 0.4) is 0 Å². The molecule has 100 valence electrons. The summed E-state index contributed by atoms with van der Waals surface area (Å²) in [6.07, 6.45) is 7.07. The average molecular weight is 238 g/mol. The molecule has 0 aromatic heterocycles. The second kappa shape index (κ2) is 9.41. The highest BCUT2D eigenvalue weighted by atomic mass is 14.9. The Morgan fingerprint density at radius 3 is 2.41 bits per heavy atom. The molecule has 2 heteroatoms. The van der Waals surface area contributed by atoms with Crippen LogP contribution in [-0.4, -0.2) is 12.4 Å². The van der Waals surface area contributed by atoms with Crippen molar-refractivity contribution in [3.63, 3.8) is 0 Å². The number of hydrogen-bond acceptors (Lipinski definition) is 2. The molecule has 0 amide bonds. The number of nitrogens with two attached hydrogens (primary N) is 1. The number of nitrogens with zero attached hydrogens (tertiary/aromatic N) is 1. The largest absolute Gasteiger partial charge is 0.312 e. The molecule has 2 N–H and O–H groups in total. The first kappa shape index (κ1) is 16.4. The van der Waals surface area contributed by atoms with E-state index in [1.54, 1.807) is 0 Å². The smallest absolute Gasteiger partial charge is 0.0858 e. The fourth-order valence-corrected chi connectivity index (χ4v) is 2.24. The van der Waals surface area contributed by atoms with Crippen molar-refractivity contribution in [3.8, 4) is 0 Å². The van der Waals surface area contributed by atoms with Gasteiger partial charge in [0.1, 0.15) is 0 Å². The van der Waals surface area contributed by atoms with Crippen molar-refractivity contribution in [3.05, 3.63) is 11.6 Å². The quantitative estimate of drug-likeness (QED) is 0.500. The fourth-order valence-electron chi connectivity index (χ4n) is 2.24. The van der Waals surface area contributed by atoms with E-state index in [-0.39, 0.29) is 0 Å². The van der Waals surface area contributed by atoms with E-state index in [1.165, 1.54) is 30.5 Å². The van der Waals surface area contributed by atoms with Gasteiger partial charge in [0.2, 0.25) is 0 Å². The van der Waals surface area contributed by atoms with Crippen LogP contribution in [0, 0.1) is 11.8 Å². The van der Waals surface area contributed by atoms with E-state index < -0.39 is 0 Å². The topological polar surface area (TPSA) is 38.4 Å². The van der Waals surface area contributed by atoms with Gasteiger partial charge in [-0.1, -0.05) is 39.3 Å². The van der Waals surface area contributed by atoms with Crippen molar-refractivity contribution in [1.29, 1.82) is 0 Å². The van der Waals surface area contributed by atoms with Gasteiger partial charge in [0, 0.05) is 5.71 Å². The molecule has 1 atom stereocenters. The highest BCUT2D eigenvalue weighted by molar-refractivity contribution is 5.86. The lowest BCUT2D eigenvalue weighted by Crippen LogP contribution is -2.12. The summed E-state index contributed by atoms with van der Waals surface area (Å²) in [5, 5.41) is 0. The van der Waals surface area contributed by atoms with Gasteiger partial charge in [-0.05, 0) is 44.4 Å². The molecule has 0 fully saturated rings. The van der Waals surface area contributed by atoms with Gasteiger partial charge in [-0.15, -0.1) is 0 Å². The molecule has 0 aromatic rings. The van der Waals surface area contributed by atoms with Gasteiger partial charge in [0.25, 0.3) is 0 Å². The number of aliphatic imine (C=N–C) groups is 1. The molecule has 0 aromatic carbocycles. The molecule has 0 saturated heterocycles. The first-order valence-electron chi connectivity index (χ1n) is 6.91. The zero-order valence-corrected chi connectivity index (χ0v) is 12.3. The van der Waals surface area contributed by atoms with Crippen LogP contribution < -0.4 is 5.73 Å². The molecule has 17 heavy (non-hydrogen) atoms. The maximum absolute atomic E-state index is 5.48. The second-order valence-corrected chi connectivity index (χ2v) is 5.24. The molecule has 0 heterocycles. The van der Waals surface area contributed by atoms with Crippen LogP contribution in [0.5, 0.6) is 0 Å². The molecule has 0 aliphatic carbocycles. The maximum Gasteiger partial charge on any atom is 0.0858 e. The van der Waals surface area contributed by atoms with Crippen LogP contribution in [0.15, 0.2) is 16.6 Å². The summed E-state index contributed by atoms with van der Waals surface area (Å²) in [5.41, 5.74) is 8.27. The molecule has 0 spiro atoms. The van der Waals surface area contributed by atoms with Crippen molar-refractivity contribution < 1.29 is 0 Å². The van der Waals surface area contributed by atoms with E-state index in [0.29, 0.717) is 18.5 Å². The summed E-state index contributed by atoms with van der Waals surface area (Å²) in [7, 11) is 0. The lowest BCUT2D eigenvalue weighted by molar-refractivity contribution is 0.620. The van der Waals surface area contributed by atoms with Crippen LogP contribution in [-0.2, 0) is 0 Å². The Bertz CT molecular complexity index is 252. The normalized spacial score (nSPS) is 15.5. The predicted molar refractivity (Wildman–Crippen MR) is 78.4 cm³/mol. The van der Waals surface area contributed by atoms with E-state index in [2.05, 4.69) is 45.7 Å². The molecular weight excluding hydrogens is 208 g/mol. The fraction of sp³-hybridized carbons (Fsp3) is 0.800. The second-order valence-electron chi connectivity index (χ2n) is 5.24. The zero-order chi connectivity index (χ0) is 13.3. The van der Waals surface area contributed by atoms with Crippen LogP contribution in [0.1, 0.15) is 60.3 Å². The van der Waals surface area contributed by atoms with Gasteiger partial charge >= 0.3 is 0 Å². The summed E-state index contributed by atoms with van der Waals surface area (Å²) >= 11 is 0. The average Bonchev–Trinajstić information content (AvgIpc) is 2.24.